The molecule has 1 fully saturated rings. The van der Waals surface area contributed by atoms with Crippen LogP contribution in [0.25, 0.3) is 6.08 Å². The minimum absolute atomic E-state index is 0.190. The largest absolute Gasteiger partial charge is 0.490 e. The first kappa shape index (κ1) is 28.4. The van der Waals surface area contributed by atoms with E-state index in [9.17, 15) is 9.59 Å². The van der Waals surface area contributed by atoms with Gasteiger partial charge in [-0.3, -0.25) is 9.36 Å². The number of fused-ring (bicyclic) bond motifs is 1. The maximum Gasteiger partial charge on any atom is 0.338 e. The Labute approximate surface area is 241 Å². The number of anilines is 1. The van der Waals surface area contributed by atoms with Gasteiger partial charge in [-0.25, -0.2) is 9.79 Å². The summed E-state index contributed by atoms with van der Waals surface area (Å²) in [5, 5.41) is 0. The fourth-order valence-electron chi connectivity index (χ4n) is 4.84. The van der Waals surface area contributed by atoms with Crippen molar-refractivity contribution in [3.63, 3.8) is 0 Å². The van der Waals surface area contributed by atoms with Crippen molar-refractivity contribution in [1.29, 1.82) is 0 Å². The van der Waals surface area contributed by atoms with Gasteiger partial charge in [0, 0.05) is 25.2 Å². The van der Waals surface area contributed by atoms with Gasteiger partial charge in [-0.1, -0.05) is 30.1 Å². The molecule has 1 unspecified atom stereocenters. The number of benzene rings is 1. The first-order chi connectivity index (χ1) is 19.9. The topological polar surface area (TPSA) is 105 Å². The maximum atomic E-state index is 13.9. The highest BCUT2D eigenvalue weighted by molar-refractivity contribution is 7.07. The highest BCUT2D eigenvalue weighted by Gasteiger charge is 2.34. The molecule has 11 heteroatoms. The minimum atomic E-state index is -0.777. The van der Waals surface area contributed by atoms with Crippen molar-refractivity contribution in [3.8, 4) is 11.5 Å². The van der Waals surface area contributed by atoms with Crippen LogP contribution < -0.4 is 29.3 Å². The first-order valence-corrected chi connectivity index (χ1v) is 14.4. The van der Waals surface area contributed by atoms with Crippen molar-refractivity contribution in [2.24, 2.45) is 4.99 Å². The molecule has 0 radical (unpaired) electrons. The van der Waals surface area contributed by atoms with E-state index in [2.05, 4.69) is 16.5 Å². The summed E-state index contributed by atoms with van der Waals surface area (Å²) in [5.41, 5.74) is 1.15. The van der Waals surface area contributed by atoms with Gasteiger partial charge in [0.2, 0.25) is 0 Å². The fourth-order valence-corrected chi connectivity index (χ4v) is 5.87. The molecule has 2 aromatic heterocycles. The minimum Gasteiger partial charge on any atom is -0.490 e. The van der Waals surface area contributed by atoms with E-state index < -0.39 is 12.0 Å². The molecule has 41 heavy (non-hydrogen) atoms. The van der Waals surface area contributed by atoms with Crippen LogP contribution in [0.2, 0.25) is 0 Å². The number of carbonyl (C=O) groups excluding carboxylic acids is 1. The number of thiazole rings is 1. The quantitative estimate of drug-likeness (QED) is 0.267. The maximum absolute atomic E-state index is 13.9. The molecule has 216 valence electrons. The lowest BCUT2D eigenvalue weighted by Crippen LogP contribution is -2.40. The standard InChI is InChI=1S/C30H33N3O7S/c1-5-14-39-22-10-8-20(17-23(22)37-6-2)27-26(29(35)38-7-3)19(4)31-30-33(27)28(34)24(41-30)18-21-9-11-25(40-21)32-12-15-36-16-13-32/h5,8-11,17-18,27H,1,6-7,12-16H2,2-4H3. The number of esters is 1. The Morgan fingerprint density at radius 3 is 2.68 bits per heavy atom. The van der Waals surface area contributed by atoms with Crippen LogP contribution in [-0.2, 0) is 14.3 Å². The molecule has 0 amide bonds. The van der Waals surface area contributed by atoms with Crippen LogP contribution in [0, 0.1) is 0 Å². The second-order valence-corrected chi connectivity index (χ2v) is 10.3. The van der Waals surface area contributed by atoms with Gasteiger partial charge in [-0.2, -0.15) is 0 Å². The summed E-state index contributed by atoms with van der Waals surface area (Å²) < 4.78 is 30.5. The second-order valence-electron chi connectivity index (χ2n) is 9.32. The molecule has 1 atom stereocenters. The molecule has 0 N–H and O–H groups in total. The lowest BCUT2D eigenvalue weighted by molar-refractivity contribution is -0.139. The number of nitrogens with zero attached hydrogens (tertiary/aromatic N) is 3. The van der Waals surface area contributed by atoms with Crippen molar-refractivity contribution < 1.29 is 28.2 Å². The molecular weight excluding hydrogens is 546 g/mol. The van der Waals surface area contributed by atoms with Crippen LogP contribution >= 0.6 is 11.3 Å². The molecule has 10 nitrogen and oxygen atoms in total. The molecular formula is C30H33N3O7S. The molecule has 4 heterocycles. The molecule has 5 rings (SSSR count). The van der Waals surface area contributed by atoms with Gasteiger partial charge in [-0.05, 0) is 44.5 Å². The highest BCUT2D eigenvalue weighted by Crippen LogP contribution is 2.36. The van der Waals surface area contributed by atoms with Crippen LogP contribution in [0.4, 0.5) is 5.88 Å². The third kappa shape index (κ3) is 5.86. The van der Waals surface area contributed by atoms with E-state index in [-0.39, 0.29) is 12.2 Å². The van der Waals surface area contributed by atoms with Gasteiger partial charge in [0.25, 0.3) is 5.56 Å². The Balaban J connectivity index is 1.61. The molecule has 2 aliphatic rings. The molecule has 1 saturated heterocycles. The van der Waals surface area contributed by atoms with Crippen molar-refractivity contribution in [3.05, 3.63) is 85.3 Å². The normalized spacial score (nSPS) is 17.2. The average Bonchev–Trinajstić information content (AvgIpc) is 3.56. The van der Waals surface area contributed by atoms with Gasteiger partial charge in [-0.15, -0.1) is 0 Å². The SMILES string of the molecule is C=CCOc1ccc(C2C(C(=O)OCC)=C(C)N=c3sc(=Cc4ccc(N5CCOCC5)o4)c(=O)n32)cc1OCC. The molecule has 0 saturated carbocycles. The molecule has 1 aromatic carbocycles. The van der Waals surface area contributed by atoms with Crippen LogP contribution in [0.5, 0.6) is 11.5 Å². The third-order valence-corrected chi connectivity index (χ3v) is 7.65. The monoisotopic (exact) mass is 579 g/mol. The highest BCUT2D eigenvalue weighted by atomic mass is 32.1. The Morgan fingerprint density at radius 1 is 1.15 bits per heavy atom. The summed E-state index contributed by atoms with van der Waals surface area (Å²) in [4.78, 5) is 34.4. The fraction of sp³-hybridized carbons (Fsp3) is 0.367. The number of morpholine rings is 1. The van der Waals surface area contributed by atoms with Crippen LogP contribution in [0.3, 0.4) is 0 Å². The molecule has 0 aliphatic carbocycles. The number of aromatic nitrogens is 1. The Kier molecular flexibility index (Phi) is 8.75. The number of hydrogen-bond acceptors (Lipinski definition) is 10. The average molecular weight is 580 g/mol. The summed E-state index contributed by atoms with van der Waals surface area (Å²) >= 11 is 1.24. The summed E-state index contributed by atoms with van der Waals surface area (Å²) in [7, 11) is 0. The Morgan fingerprint density at radius 2 is 1.95 bits per heavy atom. The van der Waals surface area contributed by atoms with Crippen LogP contribution in [0.15, 0.2) is 68.5 Å². The van der Waals surface area contributed by atoms with Crippen molar-refractivity contribution in [1.82, 2.24) is 4.57 Å². The summed E-state index contributed by atoms with van der Waals surface area (Å²) in [5.74, 6) is 1.79. The van der Waals surface area contributed by atoms with Gasteiger partial charge in [0.1, 0.15) is 12.4 Å². The zero-order valence-electron chi connectivity index (χ0n) is 23.4. The lowest BCUT2D eigenvalue weighted by Gasteiger charge is -2.26. The van der Waals surface area contributed by atoms with Crippen LogP contribution in [-0.4, -0.2) is 56.7 Å². The predicted molar refractivity (Wildman–Crippen MR) is 155 cm³/mol. The van der Waals surface area contributed by atoms with E-state index in [4.69, 9.17) is 23.4 Å². The number of furan rings is 1. The molecule has 2 aliphatic heterocycles. The summed E-state index contributed by atoms with van der Waals surface area (Å²) in [6, 6.07) is 8.34. The lowest BCUT2D eigenvalue weighted by atomic mass is 9.95. The van der Waals surface area contributed by atoms with Gasteiger partial charge >= 0.3 is 5.97 Å². The first-order valence-electron chi connectivity index (χ1n) is 13.6. The Bertz CT molecular complexity index is 1640. The van der Waals surface area contributed by atoms with E-state index in [0.29, 0.717) is 69.9 Å². The zero-order valence-corrected chi connectivity index (χ0v) is 24.2. The van der Waals surface area contributed by atoms with E-state index in [1.165, 1.54) is 15.9 Å². The number of ether oxygens (including phenoxy) is 4. The van der Waals surface area contributed by atoms with E-state index >= 15 is 0 Å². The van der Waals surface area contributed by atoms with E-state index in [1.807, 2.05) is 25.1 Å². The van der Waals surface area contributed by atoms with Crippen molar-refractivity contribution in [2.45, 2.75) is 26.8 Å². The molecule has 0 bridgehead atoms. The summed E-state index contributed by atoms with van der Waals surface area (Å²) in [6.45, 7) is 12.7. The van der Waals surface area contributed by atoms with Gasteiger partial charge < -0.3 is 28.3 Å². The van der Waals surface area contributed by atoms with Crippen LogP contribution in [0.1, 0.15) is 38.1 Å². The molecule has 3 aromatic rings. The Hall–Kier alpha value is -4.09. The number of hydrogen-bond donors (Lipinski definition) is 0. The second kappa shape index (κ2) is 12.6. The van der Waals surface area contributed by atoms with Crippen molar-refractivity contribution in [2.75, 3.05) is 51.0 Å². The predicted octanol–water partition coefficient (Wildman–Crippen LogP) is 3.19. The third-order valence-electron chi connectivity index (χ3n) is 6.67. The summed E-state index contributed by atoms with van der Waals surface area (Å²) in [6.07, 6.45) is 3.36. The van der Waals surface area contributed by atoms with E-state index in [1.54, 1.807) is 38.1 Å². The number of rotatable bonds is 10. The van der Waals surface area contributed by atoms with Gasteiger partial charge in [0.05, 0.1) is 48.3 Å². The van der Waals surface area contributed by atoms with Crippen molar-refractivity contribution >= 4 is 29.3 Å². The number of allylic oxidation sites excluding steroid dienone is 1. The van der Waals surface area contributed by atoms with E-state index in [0.717, 1.165) is 19.0 Å². The molecule has 0 spiro atoms. The van der Waals surface area contributed by atoms with Gasteiger partial charge in [0.15, 0.2) is 22.2 Å². The zero-order chi connectivity index (χ0) is 28.9. The smallest absolute Gasteiger partial charge is 0.338 e. The number of carbonyl (C=O) groups is 1.